The molecular weight excluding hydrogens is 331 g/mol. The predicted molar refractivity (Wildman–Crippen MR) is 5.40 cm³/mol. The molecule has 0 fully saturated rings. The summed E-state index contributed by atoms with van der Waals surface area (Å²) in [5, 5.41) is 16.7. The van der Waals surface area contributed by atoms with E-state index in [2.05, 4.69) is 0 Å². The second-order valence-corrected chi connectivity index (χ2v) is 0.250. The van der Waals surface area contributed by atoms with Crippen molar-refractivity contribution in [3.05, 3.63) is 0 Å². The Kier molecular flexibility index (Phi) is 26.9. The summed E-state index contributed by atoms with van der Waals surface area (Å²) in [4.78, 5) is 8.33. The zero-order valence-corrected chi connectivity index (χ0v) is 10.5. The molecule has 0 unspecified atom stereocenters. The molecule has 0 heterocycles. The molecule has 0 aliphatic carbocycles. The van der Waals surface area contributed by atoms with E-state index in [0.717, 1.165) is 0 Å². The topological polar surface area (TPSA) is 63.2 Å². The van der Waals surface area contributed by atoms with Crippen LogP contribution in [-0.4, -0.2) is 6.16 Å². The number of hydrogen-bond acceptors (Lipinski definition) is 3. The SMILES string of the molecule is O=C([O-])[O-].[K+].[Th+4]. The third kappa shape index (κ3) is 34.3. The van der Waals surface area contributed by atoms with Gasteiger partial charge in [0.05, 0.1) is 0 Å². The van der Waals surface area contributed by atoms with Crippen LogP contribution in [0.15, 0.2) is 0 Å². The first-order chi connectivity index (χ1) is 1.73. The summed E-state index contributed by atoms with van der Waals surface area (Å²) in [6, 6.07) is 0. The molecule has 0 atom stereocenters. The van der Waals surface area contributed by atoms with E-state index in [0.29, 0.717) is 0 Å². The summed E-state index contributed by atoms with van der Waals surface area (Å²) >= 11 is 0. The van der Waals surface area contributed by atoms with Gasteiger partial charge in [0, 0.05) is 0 Å². The Hall–Kier alpha value is 2.23. The minimum Gasteiger partial charge on any atom is -0.652 e. The van der Waals surface area contributed by atoms with Crippen LogP contribution in [0.5, 0.6) is 0 Å². The number of carboxylic acid groups (broad SMARTS) is 2. The van der Waals surface area contributed by atoms with E-state index in [9.17, 15) is 0 Å². The molecule has 0 aliphatic heterocycles. The Morgan fingerprint density at radius 3 is 1.33 bits per heavy atom. The fraction of sp³-hybridized carbons (Fsp3) is 0. The maximum Gasteiger partial charge on any atom is 4.00 e. The molecule has 0 aliphatic rings. The van der Waals surface area contributed by atoms with E-state index < -0.39 is 6.16 Å². The summed E-state index contributed by atoms with van der Waals surface area (Å²) < 4.78 is 0. The maximum absolute atomic E-state index is 8.33. The third-order valence-corrected chi connectivity index (χ3v) is 0. The molecule has 0 aromatic heterocycles. The van der Waals surface area contributed by atoms with Crippen molar-refractivity contribution in [1.29, 1.82) is 0 Å². The minimum atomic E-state index is -2.33. The van der Waals surface area contributed by atoms with Gasteiger partial charge in [0.1, 0.15) is 0 Å². The molecule has 6 heavy (non-hydrogen) atoms. The van der Waals surface area contributed by atoms with Gasteiger partial charge in [-0.3, -0.25) is 0 Å². The maximum atomic E-state index is 8.33. The number of carbonyl (C=O) groups is 1. The van der Waals surface area contributed by atoms with Crippen molar-refractivity contribution in [2.45, 2.75) is 0 Å². The summed E-state index contributed by atoms with van der Waals surface area (Å²) in [5.74, 6) is 0. The van der Waals surface area contributed by atoms with Crippen LogP contribution >= 0.6 is 0 Å². The first-order valence-electron chi connectivity index (χ1n) is 0.612. The normalized spacial score (nSPS) is 4.00. The largest absolute Gasteiger partial charge is 4.00 e. The second kappa shape index (κ2) is 10.3. The van der Waals surface area contributed by atoms with Crippen molar-refractivity contribution in [1.82, 2.24) is 0 Å². The zero-order chi connectivity index (χ0) is 3.58. The van der Waals surface area contributed by atoms with Crippen molar-refractivity contribution < 1.29 is 106 Å². The molecule has 0 aromatic carbocycles. The first kappa shape index (κ1) is 15.7. The Labute approximate surface area is 110 Å². The van der Waals surface area contributed by atoms with Crippen LogP contribution in [0.25, 0.3) is 0 Å². The molecule has 0 bridgehead atoms. The fourth-order valence-electron chi connectivity index (χ4n) is 0. The summed E-state index contributed by atoms with van der Waals surface area (Å²) in [6.07, 6.45) is -2.33. The third-order valence-electron chi connectivity index (χ3n) is 0. The molecule has 0 radical (unpaired) electrons. The summed E-state index contributed by atoms with van der Waals surface area (Å²) in [5.41, 5.74) is 0. The second-order valence-electron chi connectivity index (χ2n) is 0.250. The quantitative estimate of drug-likeness (QED) is 0.416. The summed E-state index contributed by atoms with van der Waals surface area (Å²) in [7, 11) is 0. The van der Waals surface area contributed by atoms with Crippen molar-refractivity contribution in [3.63, 3.8) is 0 Å². The van der Waals surface area contributed by atoms with E-state index in [1.807, 2.05) is 0 Å². The van der Waals surface area contributed by atoms with Gasteiger partial charge in [0.2, 0.25) is 0 Å². The molecular formula is CKO3Th+3. The Bertz CT molecular complexity index is 33.8. The zero-order valence-electron chi connectivity index (χ0n) is 3.22. The molecule has 0 saturated carbocycles. The molecule has 24 valence electrons. The van der Waals surface area contributed by atoms with Gasteiger partial charge in [0.25, 0.3) is 0 Å². The van der Waals surface area contributed by atoms with Crippen molar-refractivity contribution in [3.8, 4) is 0 Å². The minimum absolute atomic E-state index is 0. The van der Waals surface area contributed by atoms with Gasteiger partial charge in [-0.15, -0.1) is 0 Å². The van der Waals surface area contributed by atoms with Crippen LogP contribution in [0.1, 0.15) is 0 Å². The van der Waals surface area contributed by atoms with Gasteiger partial charge in [-0.05, 0) is 6.16 Å². The van der Waals surface area contributed by atoms with Crippen LogP contribution in [0.2, 0.25) is 0 Å². The summed E-state index contributed by atoms with van der Waals surface area (Å²) in [6.45, 7) is 0. The molecule has 0 rings (SSSR count). The molecule has 0 saturated heterocycles. The van der Waals surface area contributed by atoms with Crippen LogP contribution in [-0.2, 0) is 0 Å². The van der Waals surface area contributed by atoms with Crippen LogP contribution in [0.4, 0.5) is 4.79 Å². The number of carbonyl (C=O) groups excluding carboxylic acids is 1. The average molecular weight is 331 g/mol. The smallest absolute Gasteiger partial charge is 0.652 e. The molecule has 3 nitrogen and oxygen atoms in total. The van der Waals surface area contributed by atoms with Crippen molar-refractivity contribution in [2.24, 2.45) is 0 Å². The number of rotatable bonds is 0. The van der Waals surface area contributed by atoms with E-state index in [1.54, 1.807) is 0 Å². The molecule has 0 N–H and O–H groups in total. The van der Waals surface area contributed by atoms with E-state index in [4.69, 9.17) is 15.0 Å². The standard InChI is InChI=1S/CH2O3.K.Th/c2-1(3)4;;/h(H2,2,3,4);;/q;+1;+4/p-2. The van der Waals surface area contributed by atoms with E-state index in [-0.39, 0.29) is 91.3 Å². The van der Waals surface area contributed by atoms with Gasteiger partial charge in [0.15, 0.2) is 0 Å². The molecule has 0 amide bonds. The number of hydrogen-bond donors (Lipinski definition) is 0. The van der Waals surface area contributed by atoms with Crippen molar-refractivity contribution in [2.75, 3.05) is 0 Å². The van der Waals surface area contributed by atoms with Gasteiger partial charge >= 0.3 is 91.3 Å². The Morgan fingerprint density at radius 2 is 1.33 bits per heavy atom. The predicted octanol–water partition coefficient (Wildman–Crippen LogP) is -5.44. The molecule has 0 aromatic rings. The monoisotopic (exact) mass is 331 g/mol. The Morgan fingerprint density at radius 1 is 1.33 bits per heavy atom. The van der Waals surface area contributed by atoms with Crippen LogP contribution in [0, 0.1) is 39.9 Å². The Balaban J connectivity index is -0.0000000450. The van der Waals surface area contributed by atoms with E-state index in [1.165, 1.54) is 0 Å². The molecule has 0 spiro atoms. The van der Waals surface area contributed by atoms with Crippen molar-refractivity contribution >= 4 is 6.16 Å². The van der Waals surface area contributed by atoms with E-state index >= 15 is 0 Å². The van der Waals surface area contributed by atoms with Crippen LogP contribution in [0.3, 0.4) is 0 Å². The van der Waals surface area contributed by atoms with Gasteiger partial charge in [-0.25, -0.2) is 0 Å². The fourth-order valence-corrected chi connectivity index (χ4v) is 0. The average Bonchev–Trinajstić information content (AvgIpc) is 0.811. The van der Waals surface area contributed by atoms with Crippen LogP contribution < -0.4 is 61.6 Å². The first-order valence-corrected chi connectivity index (χ1v) is 0.612. The van der Waals surface area contributed by atoms with Gasteiger partial charge in [-0.2, -0.15) is 0 Å². The molecule has 5 heteroatoms. The van der Waals surface area contributed by atoms with Gasteiger partial charge < -0.3 is 15.0 Å². The van der Waals surface area contributed by atoms with Gasteiger partial charge in [-0.1, -0.05) is 0 Å².